The largest absolute Gasteiger partial charge is 0.497 e. The minimum Gasteiger partial charge on any atom is -0.497 e. The maximum absolute atomic E-state index is 12.0. The maximum Gasteiger partial charge on any atom is 0.397 e. The van der Waals surface area contributed by atoms with Crippen LogP contribution in [0.4, 0.5) is 0 Å². The Morgan fingerprint density at radius 3 is 2.95 bits per heavy atom. The van der Waals surface area contributed by atoms with Crippen molar-refractivity contribution < 1.29 is 19.1 Å². The monoisotopic (exact) mass is 407 g/mol. The lowest BCUT2D eigenvalue weighted by Gasteiger charge is -2.19. The number of amides is 1. The predicted molar refractivity (Wildman–Crippen MR) is 84.1 cm³/mol. The highest BCUT2D eigenvalue weighted by molar-refractivity contribution is 14.1. The summed E-state index contributed by atoms with van der Waals surface area (Å²) in [5, 5.41) is 0. The van der Waals surface area contributed by atoms with Gasteiger partial charge in [0.15, 0.2) is 0 Å². The van der Waals surface area contributed by atoms with E-state index >= 15 is 0 Å². The Balaban J connectivity index is 2.18. The van der Waals surface area contributed by atoms with Gasteiger partial charge < -0.3 is 14.4 Å². The van der Waals surface area contributed by atoms with Crippen molar-refractivity contribution in [2.75, 3.05) is 24.0 Å². The van der Waals surface area contributed by atoms with Crippen LogP contribution < -0.4 is 4.74 Å². The van der Waals surface area contributed by atoms with Crippen LogP contribution in [0, 0.1) is 0 Å². The van der Waals surface area contributed by atoms with Crippen LogP contribution in [0.25, 0.3) is 0 Å². The summed E-state index contributed by atoms with van der Waals surface area (Å²) in [5.74, 6) is 0.116. The van der Waals surface area contributed by atoms with Crippen LogP contribution in [0.15, 0.2) is 23.1 Å². The van der Waals surface area contributed by atoms with Crippen molar-refractivity contribution in [3.63, 3.8) is 0 Å². The van der Waals surface area contributed by atoms with E-state index in [1.165, 1.54) is 4.90 Å². The van der Waals surface area contributed by atoms with E-state index in [4.69, 9.17) is 9.47 Å². The van der Waals surface area contributed by atoms with Crippen molar-refractivity contribution in [1.29, 1.82) is 0 Å². The number of halogens is 1. The van der Waals surface area contributed by atoms with Crippen LogP contribution in [-0.2, 0) is 20.9 Å². The molecule has 0 fully saturated rings. The van der Waals surface area contributed by atoms with E-state index in [0.717, 1.165) is 22.0 Å². The highest BCUT2D eigenvalue weighted by Crippen LogP contribution is 2.30. The van der Waals surface area contributed by atoms with Gasteiger partial charge in [-0.3, -0.25) is 4.79 Å². The Bertz CT molecular complexity index is 523. The number of fused-ring (bicyclic) bond motifs is 1. The number of rotatable bonds is 2. The summed E-state index contributed by atoms with van der Waals surface area (Å²) in [6.07, 6.45) is 0. The molecule has 5 nitrogen and oxygen atoms in total. The van der Waals surface area contributed by atoms with Crippen molar-refractivity contribution in [3.8, 4) is 5.75 Å². The molecule has 0 saturated carbocycles. The van der Waals surface area contributed by atoms with E-state index in [1.807, 2.05) is 40.8 Å². The standard InChI is InChI=1S/C13H14INO4S/c1-18-10-2-3-11-9(6-10)7-15(4-5-20-11)12(16)13(17)19-8-14/h2-3,6H,4-5,7-8H2,1H3. The molecule has 0 aliphatic carbocycles. The molecule has 0 radical (unpaired) electrons. The zero-order chi connectivity index (χ0) is 14.5. The fourth-order valence-electron chi connectivity index (χ4n) is 1.91. The number of carbonyl (C=O) groups is 2. The summed E-state index contributed by atoms with van der Waals surface area (Å²) in [4.78, 5) is 26.2. The molecule has 20 heavy (non-hydrogen) atoms. The first-order valence-electron chi connectivity index (χ1n) is 5.97. The lowest BCUT2D eigenvalue weighted by Crippen LogP contribution is -2.37. The van der Waals surface area contributed by atoms with Crippen molar-refractivity contribution in [2.24, 2.45) is 0 Å². The van der Waals surface area contributed by atoms with Gasteiger partial charge in [-0.1, -0.05) is 0 Å². The zero-order valence-electron chi connectivity index (χ0n) is 10.9. The number of thioether (sulfide) groups is 1. The fraction of sp³-hybridized carbons (Fsp3) is 0.385. The number of esters is 1. The molecule has 1 aliphatic rings. The molecule has 0 aromatic heterocycles. The van der Waals surface area contributed by atoms with Crippen molar-refractivity contribution in [1.82, 2.24) is 4.90 Å². The second kappa shape index (κ2) is 7.16. The third-order valence-corrected chi connectivity index (χ3v) is 4.30. The van der Waals surface area contributed by atoms with E-state index in [1.54, 1.807) is 18.9 Å². The van der Waals surface area contributed by atoms with Gasteiger partial charge in [-0.15, -0.1) is 11.8 Å². The van der Waals surface area contributed by atoms with Crippen molar-refractivity contribution >= 4 is 46.2 Å². The molecule has 1 heterocycles. The highest BCUT2D eigenvalue weighted by atomic mass is 127. The molecule has 0 unspecified atom stereocenters. The molecule has 0 spiro atoms. The molecular weight excluding hydrogens is 393 g/mol. The molecule has 1 aliphatic heterocycles. The first-order valence-corrected chi connectivity index (χ1v) is 8.48. The predicted octanol–water partition coefficient (Wildman–Crippen LogP) is 2.07. The van der Waals surface area contributed by atoms with Crippen molar-refractivity contribution in [2.45, 2.75) is 11.4 Å². The van der Waals surface area contributed by atoms with Gasteiger partial charge in [-0.25, -0.2) is 4.79 Å². The van der Waals surface area contributed by atoms with E-state index < -0.39 is 11.9 Å². The topological polar surface area (TPSA) is 55.8 Å². The molecule has 0 N–H and O–H groups in total. The van der Waals surface area contributed by atoms with Gasteiger partial charge in [0.1, 0.15) is 10.4 Å². The van der Waals surface area contributed by atoms with Gasteiger partial charge in [-0.2, -0.15) is 0 Å². The number of benzene rings is 1. The molecule has 108 valence electrons. The molecule has 0 saturated heterocycles. The van der Waals surface area contributed by atoms with Crippen LogP contribution in [0.1, 0.15) is 5.56 Å². The molecule has 0 atom stereocenters. The number of hydrogen-bond acceptors (Lipinski definition) is 5. The molecular formula is C13H14INO4S. The van der Waals surface area contributed by atoms with E-state index in [2.05, 4.69) is 0 Å². The number of nitrogens with zero attached hydrogens (tertiary/aromatic N) is 1. The van der Waals surface area contributed by atoms with Crippen LogP contribution in [-0.4, -0.2) is 40.8 Å². The first-order chi connectivity index (χ1) is 9.65. The van der Waals surface area contributed by atoms with Crippen molar-refractivity contribution in [3.05, 3.63) is 23.8 Å². The number of alkyl halides is 1. The van der Waals surface area contributed by atoms with E-state index in [-0.39, 0.29) is 4.61 Å². The zero-order valence-corrected chi connectivity index (χ0v) is 13.9. The van der Waals surface area contributed by atoms with Crippen LogP contribution in [0.2, 0.25) is 0 Å². The van der Waals surface area contributed by atoms with E-state index in [9.17, 15) is 9.59 Å². The van der Waals surface area contributed by atoms with Crippen LogP contribution >= 0.6 is 34.4 Å². The summed E-state index contributed by atoms with van der Waals surface area (Å²) >= 11 is 3.56. The SMILES string of the molecule is COc1ccc2c(c1)CN(C(=O)C(=O)OCI)CCS2. The van der Waals surface area contributed by atoms with Gasteiger partial charge >= 0.3 is 11.9 Å². The Hall–Kier alpha value is -0.960. The minimum absolute atomic E-state index is 0.176. The molecule has 1 aromatic carbocycles. The summed E-state index contributed by atoms with van der Waals surface area (Å²) in [7, 11) is 1.60. The molecule has 1 amide bonds. The number of carbonyl (C=O) groups excluding carboxylic acids is 2. The lowest BCUT2D eigenvalue weighted by molar-refractivity contribution is -0.158. The summed E-state index contributed by atoms with van der Waals surface area (Å²) in [6.45, 7) is 0.922. The first kappa shape index (κ1) is 15.4. The van der Waals surface area contributed by atoms with Gasteiger partial charge in [0, 0.05) is 23.7 Å². The average Bonchev–Trinajstić information content (AvgIpc) is 2.67. The smallest absolute Gasteiger partial charge is 0.397 e. The normalized spacial score (nSPS) is 14.2. The molecule has 7 heteroatoms. The minimum atomic E-state index is -0.796. The Kier molecular flexibility index (Phi) is 5.53. The fourth-order valence-corrected chi connectivity index (χ4v) is 3.20. The van der Waals surface area contributed by atoms with E-state index in [0.29, 0.717) is 13.1 Å². The second-order valence-corrected chi connectivity index (χ2v) is 5.85. The Labute approximate surface area is 135 Å². The second-order valence-electron chi connectivity index (χ2n) is 4.09. The quantitative estimate of drug-likeness (QED) is 0.325. The highest BCUT2D eigenvalue weighted by Gasteiger charge is 2.26. The summed E-state index contributed by atoms with van der Waals surface area (Å²) < 4.78 is 10.1. The number of hydrogen-bond donors (Lipinski definition) is 0. The van der Waals surface area contributed by atoms with Gasteiger partial charge in [0.2, 0.25) is 0 Å². The molecule has 0 bridgehead atoms. The van der Waals surface area contributed by atoms with Crippen LogP contribution in [0.3, 0.4) is 0 Å². The number of methoxy groups -OCH3 is 1. The van der Waals surface area contributed by atoms with Gasteiger partial charge in [0.05, 0.1) is 7.11 Å². The average molecular weight is 407 g/mol. The number of ether oxygens (including phenoxy) is 2. The van der Waals surface area contributed by atoms with Gasteiger partial charge in [0.25, 0.3) is 0 Å². The maximum atomic E-state index is 12.0. The Morgan fingerprint density at radius 1 is 1.45 bits per heavy atom. The summed E-state index contributed by atoms with van der Waals surface area (Å²) in [6, 6.07) is 5.78. The summed E-state index contributed by atoms with van der Waals surface area (Å²) in [5.41, 5.74) is 0.988. The Morgan fingerprint density at radius 2 is 2.25 bits per heavy atom. The third kappa shape index (κ3) is 3.57. The third-order valence-electron chi connectivity index (χ3n) is 2.90. The molecule has 1 aromatic rings. The lowest BCUT2D eigenvalue weighted by atomic mass is 10.2. The van der Waals surface area contributed by atoms with Gasteiger partial charge in [-0.05, 0) is 46.4 Å². The van der Waals surface area contributed by atoms with Crippen LogP contribution in [0.5, 0.6) is 5.75 Å². The molecule has 2 rings (SSSR count).